The SMILES string of the molecule is O=C(O)C(C(C(C(=O)O)(C(C(=O)O)(P(=O)(O)O)P(=O)(O)O)P(=O)(O)O)P(=O)(O)O)P(=O)(O)O. The van der Waals surface area contributed by atoms with E-state index >= 15 is 0 Å². The normalized spacial score (nSPS) is 18.1. The van der Waals surface area contributed by atoms with E-state index in [9.17, 15) is 96.4 Å². The molecule has 21 nitrogen and oxygen atoms in total. The lowest BCUT2D eigenvalue weighted by Crippen LogP contribution is -2.70. The van der Waals surface area contributed by atoms with Crippen LogP contribution in [0.3, 0.4) is 0 Å². The summed E-state index contributed by atoms with van der Waals surface area (Å²) in [6.07, 6.45) is 0. The van der Waals surface area contributed by atoms with Crippen molar-refractivity contribution in [3.8, 4) is 0 Å². The molecule has 33 heavy (non-hydrogen) atoms. The van der Waals surface area contributed by atoms with E-state index in [0.717, 1.165) is 0 Å². The lowest BCUT2D eigenvalue weighted by Gasteiger charge is -2.48. The van der Waals surface area contributed by atoms with Crippen LogP contribution >= 0.6 is 38.0 Å². The fraction of sp³-hybridized carbons (Fsp3) is 0.571. The van der Waals surface area contributed by atoms with E-state index in [2.05, 4.69) is 0 Å². The molecule has 0 fully saturated rings. The van der Waals surface area contributed by atoms with Crippen LogP contribution in [0.4, 0.5) is 0 Å². The molecule has 0 radical (unpaired) electrons. The van der Waals surface area contributed by atoms with Crippen LogP contribution in [0.15, 0.2) is 0 Å². The Morgan fingerprint density at radius 2 is 0.879 bits per heavy atom. The van der Waals surface area contributed by atoms with Gasteiger partial charge in [0.15, 0.2) is 5.66 Å². The molecule has 26 heteroatoms. The smallest absolute Gasteiger partial charge is 0.357 e. The monoisotopic (exact) mass is 590 g/mol. The van der Waals surface area contributed by atoms with E-state index in [-0.39, 0.29) is 0 Å². The van der Waals surface area contributed by atoms with Crippen molar-refractivity contribution in [3.63, 3.8) is 0 Å². The average molecular weight is 590 g/mol. The van der Waals surface area contributed by atoms with Gasteiger partial charge in [-0.2, -0.15) is 0 Å². The van der Waals surface area contributed by atoms with Crippen LogP contribution in [0.2, 0.25) is 0 Å². The van der Waals surface area contributed by atoms with Crippen molar-refractivity contribution in [2.24, 2.45) is 0 Å². The predicted molar refractivity (Wildman–Crippen MR) is 96.2 cm³/mol. The van der Waals surface area contributed by atoms with E-state index in [0.29, 0.717) is 0 Å². The minimum Gasteiger partial charge on any atom is -0.481 e. The first-order chi connectivity index (χ1) is 14.1. The highest BCUT2D eigenvalue weighted by Crippen LogP contribution is 2.83. The zero-order chi connectivity index (χ0) is 27.4. The standard InChI is InChI=1S/C7H15O21P5/c8-3(9)1(29(14,15)16)2(30(17,18)19)6(4(10)11,31(20,21)22)7(5(12)13,32(23,24)25)33(26,27)28/h1-2H,(H,8,9)(H,10,11)(H,12,13)(H2,14,15,16)(H2,17,18,19)(H2,20,21,22)(H2,23,24,25)(H2,26,27,28). The summed E-state index contributed by atoms with van der Waals surface area (Å²) in [6, 6.07) is 0. The van der Waals surface area contributed by atoms with Crippen LogP contribution < -0.4 is 0 Å². The fourth-order valence-electron chi connectivity index (χ4n) is 3.13. The molecule has 0 rings (SSSR count). The van der Waals surface area contributed by atoms with Gasteiger partial charge in [0.1, 0.15) is 5.66 Å². The summed E-state index contributed by atoms with van der Waals surface area (Å²) in [5.41, 5.74) is -9.25. The van der Waals surface area contributed by atoms with Gasteiger partial charge in [-0.15, -0.1) is 0 Å². The lowest BCUT2D eigenvalue weighted by atomic mass is 9.95. The number of hydrogen-bond acceptors (Lipinski definition) is 8. The Balaban J connectivity index is 8.99. The van der Waals surface area contributed by atoms with Gasteiger partial charge in [0, 0.05) is 0 Å². The molecule has 0 spiro atoms. The molecule has 0 amide bonds. The Bertz CT molecular complexity index is 1050. The van der Waals surface area contributed by atoms with Crippen LogP contribution in [-0.4, -0.2) is 104 Å². The van der Waals surface area contributed by atoms with Crippen molar-refractivity contribution in [3.05, 3.63) is 0 Å². The molecule has 0 saturated heterocycles. The van der Waals surface area contributed by atoms with Crippen LogP contribution in [0.25, 0.3) is 0 Å². The number of hydrogen-bond donors (Lipinski definition) is 13. The third-order valence-corrected chi connectivity index (χ3v) is 13.7. The van der Waals surface area contributed by atoms with Crippen molar-refractivity contribution in [1.29, 1.82) is 0 Å². The quantitative estimate of drug-likeness (QED) is 0.103. The molecule has 0 aliphatic rings. The summed E-state index contributed by atoms with van der Waals surface area (Å²) in [5, 5.41) is 21.7. The highest BCUT2D eigenvalue weighted by Gasteiger charge is 2.91. The molecule has 0 saturated carbocycles. The highest BCUT2D eigenvalue weighted by molar-refractivity contribution is 7.77. The van der Waals surface area contributed by atoms with E-state index in [1.807, 2.05) is 0 Å². The number of rotatable bonds is 11. The predicted octanol–water partition coefficient (Wildman–Crippen LogP) is -3.70. The summed E-state index contributed by atoms with van der Waals surface area (Å²) < 4.78 is 60.0. The molecule has 13 N–H and O–H groups in total. The van der Waals surface area contributed by atoms with E-state index < -0.39 is 77.3 Å². The van der Waals surface area contributed by atoms with Crippen LogP contribution in [-0.2, 0) is 37.2 Å². The first-order valence-corrected chi connectivity index (χ1v) is 15.2. The minimum atomic E-state index is -7.71. The van der Waals surface area contributed by atoms with Crippen molar-refractivity contribution in [1.82, 2.24) is 0 Å². The summed E-state index contributed by atoms with van der Waals surface area (Å²) in [7, 11) is -37.0. The molecular weight excluding hydrogens is 575 g/mol. The molecule has 0 aromatic carbocycles. The van der Waals surface area contributed by atoms with E-state index in [1.54, 1.807) is 0 Å². The summed E-state index contributed by atoms with van der Waals surface area (Å²) >= 11 is 0. The number of carbonyl (C=O) groups is 3. The Morgan fingerprint density at radius 3 is 1.00 bits per heavy atom. The van der Waals surface area contributed by atoms with Crippen molar-refractivity contribution < 1.29 is 101 Å². The van der Waals surface area contributed by atoms with Gasteiger partial charge in [-0.25, -0.2) is 0 Å². The molecule has 0 aromatic heterocycles. The van der Waals surface area contributed by atoms with Crippen LogP contribution in [0.5, 0.6) is 0 Å². The zero-order valence-electron chi connectivity index (χ0n) is 15.0. The molecule has 0 aromatic rings. The largest absolute Gasteiger partial charge is 0.481 e. The third-order valence-electron chi connectivity index (χ3n) is 4.16. The van der Waals surface area contributed by atoms with Crippen molar-refractivity contribution in [2.75, 3.05) is 0 Å². The first-order valence-electron chi connectivity index (χ1n) is 7.04. The van der Waals surface area contributed by atoms with Crippen molar-refractivity contribution >= 4 is 55.9 Å². The second-order valence-corrected chi connectivity index (χ2v) is 15.2. The van der Waals surface area contributed by atoms with Gasteiger partial charge in [0.05, 0.1) is 0 Å². The molecule has 0 aliphatic heterocycles. The second-order valence-electron chi connectivity index (χ2n) is 6.09. The van der Waals surface area contributed by atoms with Crippen LogP contribution in [0.1, 0.15) is 0 Å². The number of carboxylic acid groups (broad SMARTS) is 3. The maximum atomic E-state index is 12.3. The summed E-state index contributed by atoms with van der Waals surface area (Å²) in [4.78, 5) is 124. The third kappa shape index (κ3) is 4.95. The van der Waals surface area contributed by atoms with Gasteiger partial charge in [0.2, 0.25) is 5.16 Å². The maximum absolute atomic E-state index is 12.3. The summed E-state index contributed by atoms with van der Waals surface area (Å²) in [5.74, 6) is -10.9. The van der Waals surface area contributed by atoms with E-state index in [1.165, 1.54) is 0 Å². The van der Waals surface area contributed by atoms with Gasteiger partial charge in [-0.1, -0.05) is 0 Å². The molecule has 0 heterocycles. The molecule has 0 aliphatic carbocycles. The average Bonchev–Trinajstić information content (AvgIpc) is 2.42. The van der Waals surface area contributed by atoms with Gasteiger partial charge >= 0.3 is 55.9 Å². The highest BCUT2D eigenvalue weighted by atomic mass is 31.2. The van der Waals surface area contributed by atoms with Gasteiger partial charge in [-0.05, 0) is 0 Å². The Labute approximate surface area is 179 Å². The Hall–Kier alpha value is -0.840. The molecular formula is C7H15O21P5. The van der Waals surface area contributed by atoms with Gasteiger partial charge < -0.3 is 64.3 Å². The van der Waals surface area contributed by atoms with Gasteiger partial charge in [-0.3, -0.25) is 37.2 Å². The minimum absolute atomic E-state index is 3.22. The van der Waals surface area contributed by atoms with Gasteiger partial charge in [0.25, 0.3) is 4.90 Å². The fourth-order valence-corrected chi connectivity index (χ4v) is 13.6. The number of carboxylic acids is 3. The van der Waals surface area contributed by atoms with E-state index in [4.69, 9.17) is 5.11 Å². The molecule has 194 valence electrons. The first kappa shape index (κ1) is 32.2. The molecule has 3 unspecified atom stereocenters. The van der Waals surface area contributed by atoms with Crippen molar-refractivity contribution in [2.45, 2.75) is 21.4 Å². The zero-order valence-corrected chi connectivity index (χ0v) is 19.4. The maximum Gasteiger partial charge on any atom is 0.357 e. The second kappa shape index (κ2) is 8.99. The topological polar surface area (TPSA) is 400 Å². The van der Waals surface area contributed by atoms with Crippen LogP contribution in [0, 0.1) is 0 Å². The Kier molecular flexibility index (Phi) is 8.76. The molecule has 3 atom stereocenters. The number of aliphatic carboxylic acids is 3. The molecule has 0 bridgehead atoms. The lowest BCUT2D eigenvalue weighted by molar-refractivity contribution is -0.150. The summed E-state index contributed by atoms with van der Waals surface area (Å²) in [6.45, 7) is 0. The Morgan fingerprint density at radius 1 is 0.545 bits per heavy atom.